The van der Waals surface area contributed by atoms with Crippen molar-refractivity contribution in [2.45, 2.75) is 88.9 Å². The van der Waals surface area contributed by atoms with Gasteiger partial charge in [-0.25, -0.2) is 0 Å². The molecule has 3 saturated heterocycles. The minimum Gasteiger partial charge on any atom is -0.466 e. The Morgan fingerprint density at radius 1 is 1.34 bits per heavy atom. The highest BCUT2D eigenvalue weighted by molar-refractivity contribution is 9.09. The van der Waals surface area contributed by atoms with E-state index in [0.29, 0.717) is 19.4 Å². The van der Waals surface area contributed by atoms with Crippen molar-refractivity contribution in [3.63, 3.8) is 0 Å². The molecule has 0 radical (unpaired) electrons. The van der Waals surface area contributed by atoms with Gasteiger partial charge in [0.05, 0.1) is 24.5 Å². The van der Waals surface area contributed by atoms with Crippen LogP contribution in [0.25, 0.3) is 0 Å². The molecule has 0 aliphatic carbocycles. The Bertz CT molecular complexity index is 855. The molecule has 0 aromatic carbocycles. The number of nitrogens with zero attached hydrogens (tertiary/aromatic N) is 2. The minimum absolute atomic E-state index is 0.0373. The molecule has 6 atom stereocenters. The molecule has 35 heavy (non-hydrogen) atoms. The van der Waals surface area contributed by atoms with Crippen molar-refractivity contribution in [3.05, 3.63) is 12.7 Å². The lowest BCUT2D eigenvalue weighted by molar-refractivity contribution is -0.155. The summed E-state index contributed by atoms with van der Waals surface area (Å²) in [6, 6.07) is -0.893. The molecule has 3 aliphatic heterocycles. The number of hydrogen-bond acceptors (Lipinski definition) is 6. The summed E-state index contributed by atoms with van der Waals surface area (Å²) in [5.74, 6) is -2.51. The van der Waals surface area contributed by atoms with Gasteiger partial charge < -0.3 is 24.4 Å². The maximum absolute atomic E-state index is 14.4. The van der Waals surface area contributed by atoms with Gasteiger partial charge in [0, 0.05) is 30.1 Å². The second kappa shape index (κ2) is 10.1. The fourth-order valence-corrected chi connectivity index (χ4v) is 7.65. The van der Waals surface area contributed by atoms with E-state index in [0.717, 1.165) is 6.42 Å². The zero-order valence-electron chi connectivity index (χ0n) is 21.9. The van der Waals surface area contributed by atoms with E-state index >= 15 is 0 Å². The van der Waals surface area contributed by atoms with Crippen LogP contribution in [0.3, 0.4) is 0 Å². The molecule has 2 amide bonds. The van der Waals surface area contributed by atoms with E-state index in [9.17, 15) is 19.5 Å². The maximum Gasteiger partial charge on any atom is 0.312 e. The molecule has 1 N–H and O–H groups in total. The fraction of sp³-hybridized carbons (Fsp3) is 0.808. The van der Waals surface area contributed by atoms with E-state index in [1.54, 1.807) is 22.8 Å². The van der Waals surface area contributed by atoms with Gasteiger partial charge in [0.1, 0.15) is 11.6 Å². The quantitative estimate of drug-likeness (QED) is 0.252. The van der Waals surface area contributed by atoms with E-state index < -0.39 is 41.1 Å². The topological polar surface area (TPSA) is 96.4 Å². The van der Waals surface area contributed by atoms with E-state index in [1.165, 1.54) is 0 Å². The number of esters is 1. The van der Waals surface area contributed by atoms with Gasteiger partial charge >= 0.3 is 5.97 Å². The summed E-state index contributed by atoms with van der Waals surface area (Å²) in [6.45, 7) is 16.7. The standard InChI is InChI=1S/C26H41BrN2O6/c1-8-11-29(25(6,7)15-24(3,4)5)22(32)20-26-14-16(27)19(35-26)17(23(33)34-9-2)18(26)21(31)28(20)12-10-13-30/h8,16-20,30H,1,9-15H2,2-7H3/t16?,17-,18+,19-,20-,26+/m1/s1. The largest absolute Gasteiger partial charge is 0.466 e. The summed E-state index contributed by atoms with van der Waals surface area (Å²) in [4.78, 5) is 44.4. The summed E-state index contributed by atoms with van der Waals surface area (Å²) >= 11 is 3.66. The Kier molecular flexibility index (Phi) is 8.14. The number of carbonyl (C=O) groups is 3. The number of likely N-dealkylation sites (tertiary alicyclic amines) is 1. The number of aliphatic hydroxyl groups excluding tert-OH is 1. The highest BCUT2D eigenvalue weighted by atomic mass is 79.9. The first-order valence-electron chi connectivity index (χ1n) is 12.6. The Morgan fingerprint density at radius 2 is 2.00 bits per heavy atom. The molecule has 0 aromatic rings. The van der Waals surface area contributed by atoms with E-state index in [4.69, 9.17) is 9.47 Å². The van der Waals surface area contributed by atoms with Crippen molar-refractivity contribution in [3.8, 4) is 0 Å². The molecule has 198 valence electrons. The first-order valence-corrected chi connectivity index (χ1v) is 13.5. The molecular weight excluding hydrogens is 516 g/mol. The molecule has 3 aliphatic rings. The van der Waals surface area contributed by atoms with Gasteiger partial charge in [0.15, 0.2) is 0 Å². The molecule has 0 saturated carbocycles. The molecule has 1 spiro atoms. The number of carbonyl (C=O) groups excluding carboxylic acids is 3. The average molecular weight is 558 g/mol. The third kappa shape index (κ3) is 4.92. The third-order valence-electron chi connectivity index (χ3n) is 7.41. The maximum atomic E-state index is 14.4. The normalized spacial score (nSPS) is 32.1. The number of aliphatic hydroxyl groups is 1. The van der Waals surface area contributed by atoms with Crippen LogP contribution >= 0.6 is 15.9 Å². The smallest absolute Gasteiger partial charge is 0.312 e. The van der Waals surface area contributed by atoms with Crippen LogP contribution in [0.2, 0.25) is 0 Å². The van der Waals surface area contributed by atoms with Crippen LogP contribution in [0.15, 0.2) is 12.7 Å². The van der Waals surface area contributed by atoms with Crippen molar-refractivity contribution in [2.24, 2.45) is 17.3 Å². The third-order valence-corrected chi connectivity index (χ3v) is 8.26. The average Bonchev–Trinajstić information content (AvgIpc) is 3.32. The van der Waals surface area contributed by atoms with Crippen molar-refractivity contribution in [1.29, 1.82) is 0 Å². The second-order valence-electron chi connectivity index (χ2n) is 11.8. The molecular formula is C26H41BrN2O6. The number of hydrogen-bond donors (Lipinski definition) is 1. The Morgan fingerprint density at radius 3 is 2.54 bits per heavy atom. The van der Waals surface area contributed by atoms with Crippen LogP contribution in [0.5, 0.6) is 0 Å². The van der Waals surface area contributed by atoms with Gasteiger partial charge in [-0.2, -0.15) is 0 Å². The first-order chi connectivity index (χ1) is 16.3. The second-order valence-corrected chi connectivity index (χ2v) is 13.0. The molecule has 3 rings (SSSR count). The lowest BCUT2D eigenvalue weighted by Gasteiger charge is -2.45. The number of rotatable bonds is 10. The summed E-state index contributed by atoms with van der Waals surface area (Å²) in [5.41, 5.74) is -1.68. The van der Waals surface area contributed by atoms with Gasteiger partial charge in [-0.15, -0.1) is 6.58 Å². The summed E-state index contributed by atoms with van der Waals surface area (Å²) in [7, 11) is 0. The van der Waals surface area contributed by atoms with Crippen molar-refractivity contribution in [2.75, 3.05) is 26.3 Å². The zero-order valence-corrected chi connectivity index (χ0v) is 23.5. The van der Waals surface area contributed by atoms with Crippen molar-refractivity contribution < 1.29 is 29.0 Å². The molecule has 8 nitrogen and oxygen atoms in total. The lowest BCUT2D eigenvalue weighted by Crippen LogP contribution is -2.61. The van der Waals surface area contributed by atoms with Gasteiger partial charge in [-0.3, -0.25) is 14.4 Å². The van der Waals surface area contributed by atoms with E-state index in [2.05, 4.69) is 43.3 Å². The predicted molar refractivity (Wildman–Crippen MR) is 136 cm³/mol. The first kappa shape index (κ1) is 28.1. The highest BCUT2D eigenvalue weighted by Crippen LogP contribution is 2.60. The van der Waals surface area contributed by atoms with Crippen LogP contribution in [-0.2, 0) is 23.9 Å². The van der Waals surface area contributed by atoms with Crippen molar-refractivity contribution in [1.82, 2.24) is 9.80 Å². The van der Waals surface area contributed by atoms with Crippen LogP contribution in [-0.4, -0.2) is 87.1 Å². The number of amides is 2. The Balaban J connectivity index is 2.08. The molecule has 2 bridgehead atoms. The summed E-state index contributed by atoms with van der Waals surface area (Å²) in [6.07, 6.45) is 2.68. The molecule has 0 aromatic heterocycles. The van der Waals surface area contributed by atoms with Gasteiger partial charge in [-0.1, -0.05) is 42.8 Å². The van der Waals surface area contributed by atoms with Crippen molar-refractivity contribution >= 4 is 33.7 Å². The summed E-state index contributed by atoms with van der Waals surface area (Å²) in [5, 5.41) is 9.51. The molecule has 3 fully saturated rings. The fourth-order valence-electron chi connectivity index (χ4n) is 6.70. The Labute approximate surface area is 217 Å². The summed E-state index contributed by atoms with van der Waals surface area (Å²) < 4.78 is 11.8. The highest BCUT2D eigenvalue weighted by Gasteiger charge is 2.77. The number of ether oxygens (including phenoxy) is 2. The van der Waals surface area contributed by atoms with Gasteiger partial charge in [-0.05, 0) is 45.4 Å². The number of fused-ring (bicyclic) bond motifs is 1. The number of halogens is 1. The SMILES string of the molecule is C=CCN(C(=O)[C@H]1N(CCCO)C(=O)[C@@H]2[C@@H](C(=O)OCC)[C@@H]3O[C@@]21CC3Br)C(C)(C)CC(C)(C)C. The zero-order chi connectivity index (χ0) is 26.3. The minimum atomic E-state index is -1.13. The monoisotopic (exact) mass is 556 g/mol. The molecule has 9 heteroatoms. The van der Waals surface area contributed by atoms with Crippen LogP contribution in [0.1, 0.15) is 60.8 Å². The molecule has 1 unspecified atom stereocenters. The van der Waals surface area contributed by atoms with Gasteiger partial charge in [0.2, 0.25) is 11.8 Å². The van der Waals surface area contributed by atoms with Gasteiger partial charge in [0.25, 0.3) is 0 Å². The van der Waals surface area contributed by atoms with E-state index in [-0.39, 0.29) is 41.8 Å². The van der Waals surface area contributed by atoms with Crippen LogP contribution in [0.4, 0.5) is 0 Å². The van der Waals surface area contributed by atoms with Crippen LogP contribution < -0.4 is 0 Å². The van der Waals surface area contributed by atoms with Crippen LogP contribution in [0, 0.1) is 17.3 Å². The molecule has 3 heterocycles. The lowest BCUT2D eigenvalue weighted by atomic mass is 9.70. The Hall–Kier alpha value is -1.45. The predicted octanol–water partition coefficient (Wildman–Crippen LogP) is 2.91. The number of alkyl halides is 1. The van der Waals surface area contributed by atoms with E-state index in [1.807, 2.05) is 13.8 Å².